The Morgan fingerprint density at radius 3 is 2.33 bits per heavy atom. The van der Waals surface area contributed by atoms with Crippen LogP contribution in [0.1, 0.15) is 11.1 Å². The van der Waals surface area contributed by atoms with Crippen molar-refractivity contribution in [2.45, 2.75) is 24.9 Å². The van der Waals surface area contributed by atoms with Gasteiger partial charge in [0.25, 0.3) is 0 Å². The highest BCUT2D eigenvalue weighted by atomic mass is 32.2. The molecule has 118 valence electrons. The van der Waals surface area contributed by atoms with Gasteiger partial charge in [0.05, 0.1) is 4.90 Å². The van der Waals surface area contributed by atoms with Crippen LogP contribution in [0.3, 0.4) is 0 Å². The number of hydrogen-bond acceptors (Lipinski definition) is 3. The second kappa shape index (κ2) is 6.44. The highest BCUT2D eigenvalue weighted by molar-refractivity contribution is 7.89. The first-order chi connectivity index (χ1) is 9.54. The van der Waals surface area contributed by atoms with Gasteiger partial charge < -0.3 is 5.32 Å². The number of carbonyl (C=O) groups excluding carboxylic acids is 1. The van der Waals surface area contributed by atoms with E-state index in [-0.39, 0.29) is 11.4 Å². The van der Waals surface area contributed by atoms with Crippen LogP contribution in [0.2, 0.25) is 0 Å². The molecule has 0 bridgehead atoms. The maximum absolute atomic E-state index is 12.0. The Labute approximate surface area is 120 Å². The van der Waals surface area contributed by atoms with Gasteiger partial charge in [0.15, 0.2) is 0 Å². The lowest BCUT2D eigenvalue weighted by atomic mass is 10.2. The summed E-state index contributed by atoms with van der Waals surface area (Å²) in [6.45, 7) is 2.64. The molecule has 0 spiro atoms. The lowest BCUT2D eigenvalue weighted by molar-refractivity contribution is -0.173. The molecule has 0 aliphatic heterocycles. The summed E-state index contributed by atoms with van der Waals surface area (Å²) in [7, 11) is -3.82. The minimum atomic E-state index is -4.98. The lowest BCUT2D eigenvalue weighted by Gasteiger charge is -2.11. The molecule has 0 saturated carbocycles. The zero-order valence-corrected chi connectivity index (χ0v) is 12.2. The van der Waals surface area contributed by atoms with Crippen molar-refractivity contribution >= 4 is 15.9 Å². The molecule has 0 atom stereocenters. The monoisotopic (exact) mass is 324 g/mol. The van der Waals surface area contributed by atoms with Crippen molar-refractivity contribution in [2.75, 3.05) is 13.1 Å². The highest BCUT2D eigenvalue weighted by Crippen LogP contribution is 2.16. The molecule has 5 nitrogen and oxygen atoms in total. The van der Waals surface area contributed by atoms with Crippen LogP contribution in [0.5, 0.6) is 0 Å². The molecule has 1 aromatic rings. The van der Waals surface area contributed by atoms with E-state index < -0.39 is 28.7 Å². The van der Waals surface area contributed by atoms with E-state index in [0.29, 0.717) is 5.56 Å². The van der Waals surface area contributed by atoms with E-state index in [0.717, 1.165) is 5.56 Å². The molecule has 0 radical (unpaired) electrons. The number of hydrogen-bond donors (Lipinski definition) is 2. The smallest absolute Gasteiger partial charge is 0.347 e. The fraction of sp³-hybridized carbons (Fsp3) is 0.417. The second-order valence-corrected chi connectivity index (χ2v) is 6.16. The van der Waals surface area contributed by atoms with E-state index in [1.807, 2.05) is 6.92 Å². The van der Waals surface area contributed by atoms with E-state index in [9.17, 15) is 26.4 Å². The molecule has 2 N–H and O–H groups in total. The maximum Gasteiger partial charge on any atom is 0.471 e. The Hall–Kier alpha value is -1.61. The summed E-state index contributed by atoms with van der Waals surface area (Å²) in [5.41, 5.74) is 1.42. The zero-order valence-electron chi connectivity index (χ0n) is 11.4. The van der Waals surface area contributed by atoms with Crippen LogP contribution in [0.4, 0.5) is 13.2 Å². The van der Waals surface area contributed by atoms with Crippen LogP contribution in [0.25, 0.3) is 0 Å². The first kappa shape index (κ1) is 17.4. The number of carbonyl (C=O) groups is 1. The van der Waals surface area contributed by atoms with Crippen molar-refractivity contribution in [2.24, 2.45) is 0 Å². The molecule has 0 fully saturated rings. The summed E-state index contributed by atoms with van der Waals surface area (Å²) in [4.78, 5) is 10.6. The van der Waals surface area contributed by atoms with E-state index in [1.54, 1.807) is 24.4 Å². The third kappa shape index (κ3) is 5.01. The molecule has 1 aromatic carbocycles. The zero-order chi connectivity index (χ0) is 16.3. The van der Waals surface area contributed by atoms with Crippen LogP contribution >= 0.6 is 0 Å². The fourth-order valence-electron chi connectivity index (χ4n) is 1.64. The maximum atomic E-state index is 12.0. The minimum Gasteiger partial charge on any atom is -0.347 e. The molecule has 9 heteroatoms. The van der Waals surface area contributed by atoms with Crippen molar-refractivity contribution in [3.05, 3.63) is 29.3 Å². The van der Waals surface area contributed by atoms with Gasteiger partial charge in [-0.25, -0.2) is 13.1 Å². The standard InChI is InChI=1S/C12H15F3N2O3S/c1-8-3-4-10(9(2)7-8)21(19,20)17-6-5-16-11(18)12(13,14)15/h3-4,7,17H,5-6H2,1-2H3,(H,16,18). The Bertz CT molecular complexity index is 627. The molecular formula is C12H15F3N2O3S. The van der Waals surface area contributed by atoms with Crippen LogP contribution in [0, 0.1) is 13.8 Å². The third-order valence-corrected chi connectivity index (χ3v) is 4.20. The van der Waals surface area contributed by atoms with Gasteiger partial charge in [-0.2, -0.15) is 13.2 Å². The molecule has 1 rings (SSSR count). The Balaban J connectivity index is 2.60. The predicted octanol–water partition coefficient (Wildman–Crippen LogP) is 1.26. The predicted molar refractivity (Wildman–Crippen MR) is 70.2 cm³/mol. The normalized spacial score (nSPS) is 12.2. The van der Waals surface area contributed by atoms with E-state index in [1.165, 1.54) is 6.07 Å². The summed E-state index contributed by atoms with van der Waals surface area (Å²) < 4.78 is 61.8. The largest absolute Gasteiger partial charge is 0.471 e. The SMILES string of the molecule is Cc1ccc(S(=O)(=O)NCCNC(=O)C(F)(F)F)c(C)c1. The molecular weight excluding hydrogens is 309 g/mol. The van der Waals surface area contributed by atoms with Gasteiger partial charge in [0.2, 0.25) is 10.0 Å². The van der Waals surface area contributed by atoms with Crippen LogP contribution in [0.15, 0.2) is 23.1 Å². The van der Waals surface area contributed by atoms with Gasteiger partial charge in [0.1, 0.15) is 0 Å². The third-order valence-electron chi connectivity index (χ3n) is 2.58. The molecule has 0 unspecified atom stereocenters. The van der Waals surface area contributed by atoms with Gasteiger partial charge in [-0.1, -0.05) is 17.7 Å². The molecule has 21 heavy (non-hydrogen) atoms. The first-order valence-corrected chi connectivity index (χ1v) is 7.44. The van der Waals surface area contributed by atoms with Crippen molar-refractivity contribution in [3.63, 3.8) is 0 Å². The van der Waals surface area contributed by atoms with Crippen molar-refractivity contribution < 1.29 is 26.4 Å². The Morgan fingerprint density at radius 2 is 1.81 bits per heavy atom. The van der Waals surface area contributed by atoms with Gasteiger partial charge >= 0.3 is 12.1 Å². The van der Waals surface area contributed by atoms with E-state index in [4.69, 9.17) is 0 Å². The Morgan fingerprint density at radius 1 is 1.19 bits per heavy atom. The minimum absolute atomic E-state index is 0.0512. The summed E-state index contributed by atoms with van der Waals surface area (Å²) in [6, 6.07) is 4.72. The van der Waals surface area contributed by atoms with Gasteiger partial charge in [0, 0.05) is 13.1 Å². The van der Waals surface area contributed by atoms with E-state index >= 15 is 0 Å². The summed E-state index contributed by atoms with van der Waals surface area (Å²) in [6.07, 6.45) is -4.98. The second-order valence-electron chi connectivity index (χ2n) is 4.42. The Kier molecular flexibility index (Phi) is 5.35. The van der Waals surface area contributed by atoms with Gasteiger partial charge in [-0.3, -0.25) is 4.79 Å². The highest BCUT2D eigenvalue weighted by Gasteiger charge is 2.38. The summed E-state index contributed by atoms with van der Waals surface area (Å²) >= 11 is 0. The molecule has 0 saturated heterocycles. The number of rotatable bonds is 5. The molecule has 0 aliphatic carbocycles. The number of benzene rings is 1. The number of amides is 1. The van der Waals surface area contributed by atoms with Crippen molar-refractivity contribution in [1.82, 2.24) is 10.0 Å². The number of alkyl halides is 3. The number of aryl methyl sites for hydroxylation is 2. The lowest BCUT2D eigenvalue weighted by Crippen LogP contribution is -2.41. The molecule has 0 aromatic heterocycles. The number of halogens is 3. The summed E-state index contributed by atoms with van der Waals surface area (Å²) in [5.74, 6) is -2.10. The van der Waals surface area contributed by atoms with Crippen LogP contribution in [-0.4, -0.2) is 33.6 Å². The van der Waals surface area contributed by atoms with Crippen LogP contribution < -0.4 is 10.0 Å². The fourth-order valence-corrected chi connectivity index (χ4v) is 2.90. The average Bonchev–Trinajstić information content (AvgIpc) is 2.32. The molecule has 1 amide bonds. The quantitative estimate of drug-likeness (QED) is 0.801. The van der Waals surface area contributed by atoms with Gasteiger partial charge in [-0.15, -0.1) is 0 Å². The number of sulfonamides is 1. The topological polar surface area (TPSA) is 75.3 Å². The molecule has 0 heterocycles. The van der Waals surface area contributed by atoms with E-state index in [2.05, 4.69) is 4.72 Å². The van der Waals surface area contributed by atoms with Crippen molar-refractivity contribution in [1.29, 1.82) is 0 Å². The number of nitrogens with one attached hydrogen (secondary N) is 2. The average molecular weight is 324 g/mol. The van der Waals surface area contributed by atoms with Crippen molar-refractivity contribution in [3.8, 4) is 0 Å². The summed E-state index contributed by atoms with van der Waals surface area (Å²) in [5, 5.41) is 1.58. The molecule has 0 aliphatic rings. The first-order valence-electron chi connectivity index (χ1n) is 5.96. The van der Waals surface area contributed by atoms with Crippen LogP contribution in [-0.2, 0) is 14.8 Å². The van der Waals surface area contributed by atoms with Gasteiger partial charge in [-0.05, 0) is 25.5 Å².